The van der Waals surface area contributed by atoms with Crippen LogP contribution in [0.15, 0.2) is 72.0 Å². The standard InChI is InChI=1S/C24H27F3O5SSi/c1-23(2,3)34(18-10-6-4-7-11-18,19-12-8-5-9-13-19)32-21-16-17(14-15-20(21)22(28)29)33(30,31)24(25,26)27/h4-13,17H,14-16H2,1-3H3,(H,28,29). The van der Waals surface area contributed by atoms with E-state index in [4.69, 9.17) is 4.43 Å². The van der Waals surface area contributed by atoms with Gasteiger partial charge in [0.1, 0.15) is 0 Å². The average Bonchev–Trinajstić information content (AvgIpc) is 2.76. The van der Waals surface area contributed by atoms with Crippen molar-refractivity contribution in [2.75, 3.05) is 0 Å². The molecule has 3 rings (SSSR count). The van der Waals surface area contributed by atoms with Gasteiger partial charge in [0.25, 0.3) is 9.84 Å². The van der Waals surface area contributed by atoms with Crippen molar-refractivity contribution in [1.29, 1.82) is 0 Å². The fourth-order valence-electron chi connectivity index (χ4n) is 4.49. The van der Waals surface area contributed by atoms with E-state index in [0.717, 1.165) is 10.4 Å². The second-order valence-corrected chi connectivity index (χ2v) is 15.8. The number of hydrogen-bond acceptors (Lipinski definition) is 4. The molecule has 1 aliphatic rings. The summed E-state index contributed by atoms with van der Waals surface area (Å²) in [5.41, 5.74) is -5.61. The maximum Gasteiger partial charge on any atom is 0.497 e. The number of allylic oxidation sites excluding steroid dienone is 1. The minimum absolute atomic E-state index is 0.179. The molecule has 2 aromatic carbocycles. The fourth-order valence-corrected chi connectivity index (χ4v) is 10.2. The van der Waals surface area contributed by atoms with Crippen molar-refractivity contribution in [2.45, 2.75) is 55.8 Å². The lowest BCUT2D eigenvalue weighted by atomic mass is 9.97. The molecule has 0 radical (unpaired) electrons. The van der Waals surface area contributed by atoms with Crippen LogP contribution in [0.1, 0.15) is 40.0 Å². The number of aliphatic carboxylic acids is 1. The van der Waals surface area contributed by atoms with Gasteiger partial charge in [0.05, 0.1) is 16.6 Å². The number of rotatable bonds is 6. The molecule has 0 bridgehead atoms. The molecule has 0 saturated heterocycles. The van der Waals surface area contributed by atoms with Crippen LogP contribution in [0.2, 0.25) is 5.04 Å². The number of carbonyl (C=O) groups is 1. The normalized spacial score (nSPS) is 18.0. The molecule has 10 heteroatoms. The van der Waals surface area contributed by atoms with Crippen LogP contribution in [0.3, 0.4) is 0 Å². The summed E-state index contributed by atoms with van der Waals surface area (Å²) in [6.45, 7) is 5.81. The molecule has 0 heterocycles. The molecule has 1 atom stereocenters. The molecule has 0 spiro atoms. The van der Waals surface area contributed by atoms with Crippen LogP contribution >= 0.6 is 0 Å². The lowest BCUT2D eigenvalue weighted by Gasteiger charge is -2.44. The molecule has 34 heavy (non-hydrogen) atoms. The van der Waals surface area contributed by atoms with Gasteiger partial charge in [-0.2, -0.15) is 13.2 Å². The second-order valence-electron chi connectivity index (χ2n) is 9.33. The average molecular weight is 513 g/mol. The molecule has 5 nitrogen and oxygen atoms in total. The van der Waals surface area contributed by atoms with Gasteiger partial charge in [-0.05, 0) is 28.3 Å². The number of alkyl halides is 3. The first-order valence-electron chi connectivity index (χ1n) is 10.8. The van der Waals surface area contributed by atoms with Gasteiger partial charge in [0.2, 0.25) is 0 Å². The molecule has 0 fully saturated rings. The number of sulfone groups is 1. The summed E-state index contributed by atoms with van der Waals surface area (Å²) >= 11 is 0. The number of benzene rings is 2. The van der Waals surface area contributed by atoms with E-state index in [9.17, 15) is 31.5 Å². The van der Waals surface area contributed by atoms with Crippen molar-refractivity contribution in [3.8, 4) is 0 Å². The van der Waals surface area contributed by atoms with Crippen LogP contribution in [0, 0.1) is 0 Å². The first kappa shape index (κ1) is 26.0. The van der Waals surface area contributed by atoms with Crippen molar-refractivity contribution in [3.63, 3.8) is 0 Å². The fraction of sp³-hybridized carbons (Fsp3) is 0.375. The first-order valence-corrected chi connectivity index (χ1v) is 14.2. The molecule has 1 aliphatic carbocycles. The van der Waals surface area contributed by atoms with Crippen molar-refractivity contribution >= 4 is 34.5 Å². The van der Waals surface area contributed by atoms with Gasteiger partial charge in [-0.1, -0.05) is 81.4 Å². The number of halogens is 3. The zero-order valence-electron chi connectivity index (χ0n) is 19.1. The smallest absolute Gasteiger partial charge is 0.497 e. The summed E-state index contributed by atoms with van der Waals surface area (Å²) in [5.74, 6) is -1.51. The highest BCUT2D eigenvalue weighted by molar-refractivity contribution is 7.92. The van der Waals surface area contributed by atoms with Crippen molar-refractivity contribution < 1.29 is 35.9 Å². The molecule has 1 unspecified atom stereocenters. The van der Waals surface area contributed by atoms with E-state index < -0.39 is 52.8 Å². The largest absolute Gasteiger partial charge is 0.537 e. The Morgan fingerprint density at radius 3 is 1.82 bits per heavy atom. The van der Waals surface area contributed by atoms with Gasteiger partial charge in [-0.25, -0.2) is 13.2 Å². The number of hydrogen-bond donors (Lipinski definition) is 1. The van der Waals surface area contributed by atoms with E-state index in [2.05, 4.69) is 0 Å². The molecule has 184 valence electrons. The highest BCUT2D eigenvalue weighted by Gasteiger charge is 2.55. The Kier molecular flexibility index (Phi) is 7.05. The van der Waals surface area contributed by atoms with Crippen molar-refractivity contribution in [3.05, 3.63) is 72.0 Å². The van der Waals surface area contributed by atoms with Crippen LogP contribution < -0.4 is 10.4 Å². The van der Waals surface area contributed by atoms with Gasteiger partial charge < -0.3 is 9.53 Å². The predicted molar refractivity (Wildman–Crippen MR) is 126 cm³/mol. The highest BCUT2D eigenvalue weighted by atomic mass is 32.2. The summed E-state index contributed by atoms with van der Waals surface area (Å²) in [4.78, 5) is 12.0. The Hall–Kier alpha value is -2.59. The van der Waals surface area contributed by atoms with E-state index in [0.29, 0.717) is 0 Å². The molecular formula is C24H27F3O5SSi. The number of carboxylic acids is 1. The Balaban J connectivity index is 2.24. The quantitative estimate of drug-likeness (QED) is 0.581. The van der Waals surface area contributed by atoms with Gasteiger partial charge >= 0.3 is 19.8 Å². The van der Waals surface area contributed by atoms with Crippen LogP contribution in [-0.4, -0.2) is 38.6 Å². The first-order chi connectivity index (χ1) is 15.7. The van der Waals surface area contributed by atoms with Gasteiger partial charge in [-0.15, -0.1) is 0 Å². The number of carboxylic acid groups (broad SMARTS) is 1. The highest BCUT2D eigenvalue weighted by Crippen LogP contribution is 2.42. The van der Waals surface area contributed by atoms with Crippen LogP contribution in [0.4, 0.5) is 13.2 Å². The monoisotopic (exact) mass is 512 g/mol. The van der Waals surface area contributed by atoms with Crippen molar-refractivity contribution in [2.24, 2.45) is 0 Å². The second kappa shape index (κ2) is 9.22. The molecule has 0 aliphatic heterocycles. The SMILES string of the molecule is CC(C)(C)[Si](OC1=C(C(=O)O)CCC(S(=O)(=O)C(F)(F)F)C1)(c1ccccc1)c1ccccc1. The maximum atomic E-state index is 13.3. The van der Waals surface area contributed by atoms with E-state index in [1.165, 1.54) is 0 Å². The summed E-state index contributed by atoms with van der Waals surface area (Å²) < 4.78 is 70.9. The molecular weight excluding hydrogens is 485 g/mol. The zero-order chi connectivity index (χ0) is 25.4. The van der Waals surface area contributed by atoms with Crippen molar-refractivity contribution in [1.82, 2.24) is 0 Å². The summed E-state index contributed by atoms with van der Waals surface area (Å²) in [6, 6.07) is 18.4. The van der Waals surface area contributed by atoms with E-state index >= 15 is 0 Å². The molecule has 0 aromatic heterocycles. The zero-order valence-corrected chi connectivity index (χ0v) is 20.9. The minimum atomic E-state index is -5.49. The maximum absolute atomic E-state index is 13.3. The summed E-state index contributed by atoms with van der Waals surface area (Å²) in [7, 11) is -8.85. The Morgan fingerprint density at radius 1 is 0.971 bits per heavy atom. The lowest BCUT2D eigenvalue weighted by molar-refractivity contribution is -0.133. The van der Waals surface area contributed by atoms with Gasteiger partial charge in [-0.3, -0.25) is 0 Å². The van der Waals surface area contributed by atoms with Gasteiger partial charge in [0, 0.05) is 6.42 Å². The van der Waals surface area contributed by atoms with Crippen LogP contribution in [-0.2, 0) is 19.1 Å². The Morgan fingerprint density at radius 2 is 1.44 bits per heavy atom. The predicted octanol–water partition coefficient (Wildman–Crippen LogP) is 4.39. The Bertz CT molecular complexity index is 1130. The molecule has 1 N–H and O–H groups in total. The lowest BCUT2D eigenvalue weighted by Crippen LogP contribution is -2.66. The molecule has 0 saturated carbocycles. The van der Waals surface area contributed by atoms with Crippen LogP contribution in [0.25, 0.3) is 0 Å². The van der Waals surface area contributed by atoms with Gasteiger partial charge in [0.15, 0.2) is 0 Å². The third-order valence-electron chi connectivity index (χ3n) is 6.18. The Labute approximate surface area is 198 Å². The molecule has 0 amide bonds. The van der Waals surface area contributed by atoms with E-state index in [-0.39, 0.29) is 17.8 Å². The molecule has 2 aromatic rings. The van der Waals surface area contributed by atoms with E-state index in [1.807, 2.05) is 81.4 Å². The third-order valence-corrected chi connectivity index (χ3v) is 13.1. The third kappa shape index (κ3) is 4.65. The topological polar surface area (TPSA) is 80.7 Å². The summed E-state index contributed by atoms with van der Waals surface area (Å²) in [5, 5.41) is 9.02. The minimum Gasteiger partial charge on any atom is -0.537 e. The van der Waals surface area contributed by atoms with Crippen LogP contribution in [0.5, 0.6) is 0 Å². The summed E-state index contributed by atoms with van der Waals surface area (Å²) in [6.07, 6.45) is -1.41. The van der Waals surface area contributed by atoms with E-state index in [1.54, 1.807) is 0 Å².